The minimum atomic E-state index is 0.110. The number of hydrogen-bond donors (Lipinski definition) is 1. The zero-order valence-electron chi connectivity index (χ0n) is 12.3. The molecule has 0 saturated carbocycles. The second kappa shape index (κ2) is 7.48. The van der Waals surface area contributed by atoms with Crippen LogP contribution in [-0.4, -0.2) is 12.4 Å². The third-order valence-electron chi connectivity index (χ3n) is 3.27. The van der Waals surface area contributed by atoms with E-state index >= 15 is 0 Å². The van der Waals surface area contributed by atoms with Crippen molar-refractivity contribution in [3.63, 3.8) is 0 Å². The summed E-state index contributed by atoms with van der Waals surface area (Å²) in [4.78, 5) is 12.4. The number of para-hydroxylation sites is 1. The number of ether oxygens (including phenoxy) is 1. The van der Waals surface area contributed by atoms with Crippen molar-refractivity contribution in [2.75, 3.05) is 12.3 Å². The molecule has 0 spiro atoms. The number of nitrogens with two attached hydrogens (primary N) is 1. The average Bonchev–Trinajstić information content (AvgIpc) is 2.52. The van der Waals surface area contributed by atoms with Gasteiger partial charge in [-0.25, -0.2) is 0 Å². The predicted octanol–water partition coefficient (Wildman–Crippen LogP) is 3.87. The molecule has 110 valence electrons. The topological polar surface area (TPSA) is 52.3 Å². The molecular formula is C18H21NO2. The smallest absolute Gasteiger partial charge is 0.166 e. The van der Waals surface area contributed by atoms with E-state index in [2.05, 4.69) is 0 Å². The molecule has 0 aliphatic rings. The molecule has 0 aromatic heterocycles. The molecule has 0 saturated heterocycles. The fraction of sp³-hybridized carbons (Fsp3) is 0.278. The van der Waals surface area contributed by atoms with Crippen LogP contribution in [-0.2, 0) is 6.42 Å². The van der Waals surface area contributed by atoms with Gasteiger partial charge in [-0.15, -0.1) is 0 Å². The van der Waals surface area contributed by atoms with Gasteiger partial charge in [0.05, 0.1) is 12.2 Å². The highest BCUT2D eigenvalue weighted by Crippen LogP contribution is 2.21. The molecule has 0 aliphatic heterocycles. The van der Waals surface area contributed by atoms with E-state index in [0.717, 1.165) is 17.7 Å². The van der Waals surface area contributed by atoms with Crippen LogP contribution >= 0.6 is 0 Å². The van der Waals surface area contributed by atoms with Gasteiger partial charge >= 0.3 is 0 Å². The first-order valence-corrected chi connectivity index (χ1v) is 7.30. The predicted molar refractivity (Wildman–Crippen MR) is 85.7 cm³/mol. The normalized spacial score (nSPS) is 10.3. The standard InChI is InChI=1S/C18H21NO2/c1-2-13-21-18-6-4-3-5-16(18)17(20)12-9-14-7-10-15(19)11-8-14/h3-8,10-11H,2,9,12-13,19H2,1H3. The van der Waals surface area contributed by atoms with Gasteiger partial charge in [0.25, 0.3) is 0 Å². The third-order valence-corrected chi connectivity index (χ3v) is 3.27. The van der Waals surface area contributed by atoms with Crippen LogP contribution in [0.1, 0.15) is 35.7 Å². The average molecular weight is 283 g/mol. The summed E-state index contributed by atoms with van der Waals surface area (Å²) in [7, 11) is 0. The molecule has 0 radical (unpaired) electrons. The third kappa shape index (κ3) is 4.35. The van der Waals surface area contributed by atoms with Crippen molar-refractivity contribution in [2.24, 2.45) is 0 Å². The molecule has 2 rings (SSSR count). The van der Waals surface area contributed by atoms with Crippen molar-refractivity contribution < 1.29 is 9.53 Å². The Labute approximate surface area is 125 Å². The van der Waals surface area contributed by atoms with E-state index in [1.807, 2.05) is 55.5 Å². The van der Waals surface area contributed by atoms with Crippen LogP contribution in [0.5, 0.6) is 5.75 Å². The quantitative estimate of drug-likeness (QED) is 0.620. The second-order valence-electron chi connectivity index (χ2n) is 5.01. The molecule has 0 heterocycles. The van der Waals surface area contributed by atoms with Gasteiger partial charge < -0.3 is 10.5 Å². The van der Waals surface area contributed by atoms with E-state index in [9.17, 15) is 4.79 Å². The highest BCUT2D eigenvalue weighted by atomic mass is 16.5. The second-order valence-corrected chi connectivity index (χ2v) is 5.01. The molecule has 0 aliphatic carbocycles. The van der Waals surface area contributed by atoms with Gasteiger partial charge in [0, 0.05) is 12.1 Å². The summed E-state index contributed by atoms with van der Waals surface area (Å²) >= 11 is 0. The highest BCUT2D eigenvalue weighted by Gasteiger charge is 2.12. The summed E-state index contributed by atoms with van der Waals surface area (Å²) in [5, 5.41) is 0. The molecule has 0 bridgehead atoms. The van der Waals surface area contributed by atoms with Crippen LogP contribution < -0.4 is 10.5 Å². The molecule has 21 heavy (non-hydrogen) atoms. The minimum absolute atomic E-state index is 0.110. The molecule has 0 atom stereocenters. The SMILES string of the molecule is CCCOc1ccccc1C(=O)CCc1ccc(N)cc1. The molecule has 2 aromatic carbocycles. The fourth-order valence-corrected chi connectivity index (χ4v) is 2.11. The van der Waals surface area contributed by atoms with Crippen molar-refractivity contribution >= 4 is 11.5 Å². The van der Waals surface area contributed by atoms with E-state index in [-0.39, 0.29) is 5.78 Å². The first-order valence-electron chi connectivity index (χ1n) is 7.30. The molecule has 2 aromatic rings. The van der Waals surface area contributed by atoms with Gasteiger partial charge in [-0.05, 0) is 42.7 Å². The molecule has 0 unspecified atom stereocenters. The number of carbonyl (C=O) groups is 1. The van der Waals surface area contributed by atoms with Crippen LogP contribution in [0.3, 0.4) is 0 Å². The number of aryl methyl sites for hydroxylation is 1. The molecule has 2 N–H and O–H groups in total. The Bertz CT molecular complexity index is 590. The first kappa shape index (κ1) is 15.1. The molecule has 0 fully saturated rings. The van der Waals surface area contributed by atoms with Crippen LogP contribution in [0.4, 0.5) is 5.69 Å². The lowest BCUT2D eigenvalue weighted by Gasteiger charge is -2.10. The van der Waals surface area contributed by atoms with Gasteiger partial charge in [0.2, 0.25) is 0 Å². The van der Waals surface area contributed by atoms with Gasteiger partial charge in [0.15, 0.2) is 5.78 Å². The number of benzene rings is 2. The van der Waals surface area contributed by atoms with Crippen molar-refractivity contribution in [3.8, 4) is 5.75 Å². The summed E-state index contributed by atoms with van der Waals surface area (Å²) in [5.74, 6) is 0.792. The summed E-state index contributed by atoms with van der Waals surface area (Å²) < 4.78 is 5.64. The number of Topliss-reactive ketones (excluding diaryl/α,β-unsaturated/α-hetero) is 1. The number of carbonyl (C=O) groups excluding carboxylic acids is 1. The van der Waals surface area contributed by atoms with Crippen molar-refractivity contribution in [2.45, 2.75) is 26.2 Å². The fourth-order valence-electron chi connectivity index (χ4n) is 2.11. The monoisotopic (exact) mass is 283 g/mol. The molecule has 3 heteroatoms. The van der Waals surface area contributed by atoms with E-state index in [1.54, 1.807) is 0 Å². The Kier molecular flexibility index (Phi) is 5.38. The van der Waals surface area contributed by atoms with Gasteiger partial charge in [0.1, 0.15) is 5.75 Å². The molecule has 0 amide bonds. The van der Waals surface area contributed by atoms with Crippen LogP contribution in [0.25, 0.3) is 0 Å². The Morgan fingerprint density at radius 3 is 2.52 bits per heavy atom. The summed E-state index contributed by atoms with van der Waals surface area (Å²) in [6.45, 7) is 2.67. The first-order chi connectivity index (χ1) is 10.2. The number of rotatable bonds is 7. The number of nitrogen functional groups attached to an aromatic ring is 1. The number of hydrogen-bond acceptors (Lipinski definition) is 3. The van der Waals surface area contributed by atoms with E-state index < -0.39 is 0 Å². The lowest BCUT2D eigenvalue weighted by molar-refractivity contribution is 0.0979. The summed E-state index contributed by atoms with van der Waals surface area (Å²) in [6, 6.07) is 15.1. The zero-order valence-corrected chi connectivity index (χ0v) is 12.3. The van der Waals surface area contributed by atoms with Crippen LogP contribution in [0.2, 0.25) is 0 Å². The van der Waals surface area contributed by atoms with Gasteiger partial charge in [-0.1, -0.05) is 31.2 Å². The van der Waals surface area contributed by atoms with Crippen molar-refractivity contribution in [1.29, 1.82) is 0 Å². The van der Waals surface area contributed by atoms with E-state index in [4.69, 9.17) is 10.5 Å². The lowest BCUT2D eigenvalue weighted by atomic mass is 10.0. The maximum absolute atomic E-state index is 12.4. The van der Waals surface area contributed by atoms with Crippen molar-refractivity contribution in [3.05, 3.63) is 59.7 Å². The van der Waals surface area contributed by atoms with Gasteiger partial charge in [-0.2, -0.15) is 0 Å². The Hall–Kier alpha value is -2.29. The summed E-state index contributed by atoms with van der Waals surface area (Å²) in [5.41, 5.74) is 8.18. The Balaban J connectivity index is 2.01. The van der Waals surface area contributed by atoms with Crippen LogP contribution in [0, 0.1) is 0 Å². The highest BCUT2D eigenvalue weighted by molar-refractivity contribution is 5.98. The Morgan fingerprint density at radius 2 is 1.81 bits per heavy atom. The van der Waals surface area contributed by atoms with E-state index in [0.29, 0.717) is 30.8 Å². The zero-order chi connectivity index (χ0) is 15.1. The molecule has 3 nitrogen and oxygen atoms in total. The maximum Gasteiger partial charge on any atom is 0.166 e. The summed E-state index contributed by atoms with van der Waals surface area (Å²) in [6.07, 6.45) is 2.10. The van der Waals surface area contributed by atoms with Crippen molar-refractivity contribution in [1.82, 2.24) is 0 Å². The minimum Gasteiger partial charge on any atom is -0.493 e. The van der Waals surface area contributed by atoms with E-state index in [1.165, 1.54) is 0 Å². The maximum atomic E-state index is 12.4. The number of ketones is 1. The molecular weight excluding hydrogens is 262 g/mol. The van der Waals surface area contributed by atoms with Crippen LogP contribution in [0.15, 0.2) is 48.5 Å². The lowest BCUT2D eigenvalue weighted by Crippen LogP contribution is -2.06. The Morgan fingerprint density at radius 1 is 1.10 bits per heavy atom. The number of anilines is 1. The largest absolute Gasteiger partial charge is 0.493 e. The van der Waals surface area contributed by atoms with Gasteiger partial charge in [-0.3, -0.25) is 4.79 Å².